The highest BCUT2D eigenvalue weighted by atomic mass is 35.5. The molecule has 9 heteroatoms. The number of benzene rings is 2. The lowest BCUT2D eigenvalue weighted by atomic mass is 9.70. The number of aromatic nitrogens is 2. The number of nitrogens with zero attached hydrogens (tertiary/aromatic N) is 3. The lowest BCUT2D eigenvalue weighted by Crippen LogP contribution is -2.46. The van der Waals surface area contributed by atoms with E-state index in [1.807, 2.05) is 30.3 Å². The Balaban J connectivity index is 1.58. The van der Waals surface area contributed by atoms with Gasteiger partial charge in [-0.15, -0.1) is 0 Å². The Morgan fingerprint density at radius 2 is 1.61 bits per heavy atom. The third-order valence-electron chi connectivity index (χ3n) is 6.18. The van der Waals surface area contributed by atoms with E-state index < -0.39 is 22.4 Å². The van der Waals surface area contributed by atoms with Gasteiger partial charge in [-0.25, -0.2) is 18.4 Å². The molecule has 0 radical (unpaired) electrons. The van der Waals surface area contributed by atoms with Crippen LogP contribution >= 0.6 is 11.6 Å². The van der Waals surface area contributed by atoms with E-state index in [9.17, 15) is 13.2 Å². The van der Waals surface area contributed by atoms with Gasteiger partial charge in [0, 0.05) is 42.3 Å². The maximum Gasteiger partial charge on any atom is 0.243 e. The summed E-state index contributed by atoms with van der Waals surface area (Å²) >= 11 is 5.91. The first-order chi connectivity index (χ1) is 15.8. The van der Waals surface area contributed by atoms with Crippen LogP contribution in [0.15, 0.2) is 71.9 Å². The van der Waals surface area contributed by atoms with Crippen molar-refractivity contribution in [3.05, 3.63) is 89.0 Å². The topological polar surface area (TPSA) is 100 Å². The minimum atomic E-state index is -3.62. The van der Waals surface area contributed by atoms with Crippen LogP contribution in [0.25, 0.3) is 0 Å². The maximum atomic E-state index is 13.1. The number of sulfonamides is 1. The Labute approximate surface area is 198 Å². The Morgan fingerprint density at radius 3 is 2.18 bits per heavy atom. The first kappa shape index (κ1) is 23.5. The van der Waals surface area contributed by atoms with Gasteiger partial charge in [-0.1, -0.05) is 41.9 Å². The van der Waals surface area contributed by atoms with Crippen LogP contribution in [0.3, 0.4) is 0 Å². The van der Waals surface area contributed by atoms with E-state index in [0.29, 0.717) is 43.2 Å². The van der Waals surface area contributed by atoms with E-state index in [2.05, 4.69) is 9.97 Å². The Hall–Kier alpha value is -2.65. The zero-order valence-corrected chi connectivity index (χ0v) is 19.5. The van der Waals surface area contributed by atoms with Crippen molar-refractivity contribution in [1.82, 2.24) is 14.3 Å². The van der Waals surface area contributed by atoms with Gasteiger partial charge in [0.1, 0.15) is 12.4 Å². The first-order valence-corrected chi connectivity index (χ1v) is 12.4. The minimum absolute atomic E-state index is 0.228. The molecule has 0 amide bonds. The summed E-state index contributed by atoms with van der Waals surface area (Å²) in [6, 6.07) is 16.2. The first-order valence-electron chi connectivity index (χ1n) is 10.6. The van der Waals surface area contributed by atoms with Crippen LogP contribution in [0, 0.1) is 0 Å². The van der Waals surface area contributed by atoms with E-state index >= 15 is 0 Å². The predicted octanol–water partition coefficient (Wildman–Crippen LogP) is 3.27. The molecular formula is C24H24ClN3O4S. The highest BCUT2D eigenvalue weighted by Gasteiger charge is 2.40. The molecule has 1 fully saturated rings. The number of hydrogen-bond donors (Lipinski definition) is 1. The van der Waals surface area contributed by atoms with Crippen molar-refractivity contribution >= 4 is 27.4 Å². The highest BCUT2D eigenvalue weighted by Crippen LogP contribution is 2.39. The molecule has 0 unspecified atom stereocenters. The SMILES string of the molecule is O=C(CO)c1cnc(CC2(c3ccccc3)CCN(S(=O)(=O)c3ccc(Cl)cc3)CC2)nc1. The van der Waals surface area contributed by atoms with Gasteiger partial charge in [0.05, 0.1) is 10.5 Å². The molecular weight excluding hydrogens is 462 g/mol. The summed E-state index contributed by atoms with van der Waals surface area (Å²) in [5, 5.41) is 9.52. The molecule has 172 valence electrons. The molecule has 2 aromatic carbocycles. The van der Waals surface area contributed by atoms with Crippen molar-refractivity contribution in [3.8, 4) is 0 Å². The van der Waals surface area contributed by atoms with E-state index in [1.165, 1.54) is 28.8 Å². The van der Waals surface area contributed by atoms with E-state index in [0.717, 1.165) is 5.56 Å². The summed E-state index contributed by atoms with van der Waals surface area (Å²) in [5.41, 5.74) is 1.03. The number of aliphatic hydroxyl groups is 1. The van der Waals surface area contributed by atoms with Crippen LogP contribution in [0.1, 0.15) is 34.6 Å². The summed E-state index contributed by atoms with van der Waals surface area (Å²) in [5.74, 6) is 0.141. The Kier molecular flexibility index (Phi) is 6.90. The van der Waals surface area contributed by atoms with Gasteiger partial charge in [-0.2, -0.15) is 4.31 Å². The van der Waals surface area contributed by atoms with Gasteiger partial charge in [0.25, 0.3) is 0 Å². The second-order valence-electron chi connectivity index (χ2n) is 8.15. The monoisotopic (exact) mass is 485 g/mol. The molecule has 33 heavy (non-hydrogen) atoms. The molecule has 1 aliphatic rings. The maximum absolute atomic E-state index is 13.1. The minimum Gasteiger partial charge on any atom is -0.388 e. The second-order valence-corrected chi connectivity index (χ2v) is 10.5. The van der Waals surface area contributed by atoms with Crippen LogP contribution in [0.5, 0.6) is 0 Å². The van der Waals surface area contributed by atoms with Crippen LogP contribution < -0.4 is 0 Å². The molecule has 1 aromatic heterocycles. The molecule has 0 aliphatic carbocycles. The molecule has 7 nitrogen and oxygen atoms in total. The summed E-state index contributed by atoms with van der Waals surface area (Å²) in [4.78, 5) is 20.6. The lowest BCUT2D eigenvalue weighted by Gasteiger charge is -2.41. The Bertz CT molecular complexity index is 1210. The molecule has 1 N–H and O–H groups in total. The van der Waals surface area contributed by atoms with E-state index in [-0.39, 0.29) is 15.9 Å². The normalized spacial score (nSPS) is 16.4. The van der Waals surface area contributed by atoms with Crippen molar-refractivity contribution in [2.45, 2.75) is 29.6 Å². The number of piperidine rings is 1. The van der Waals surface area contributed by atoms with Gasteiger partial charge in [0.2, 0.25) is 10.0 Å². The van der Waals surface area contributed by atoms with Crippen LogP contribution in [-0.4, -0.2) is 53.3 Å². The molecule has 3 aromatic rings. The fraction of sp³-hybridized carbons (Fsp3) is 0.292. The van der Waals surface area contributed by atoms with Crippen molar-refractivity contribution in [2.24, 2.45) is 0 Å². The van der Waals surface area contributed by atoms with Gasteiger partial charge >= 0.3 is 0 Å². The molecule has 0 spiro atoms. The number of halogens is 1. The van der Waals surface area contributed by atoms with Gasteiger partial charge in [-0.3, -0.25) is 4.79 Å². The zero-order valence-electron chi connectivity index (χ0n) is 17.9. The number of carbonyl (C=O) groups is 1. The molecule has 0 atom stereocenters. The summed E-state index contributed by atoms with van der Waals surface area (Å²) < 4.78 is 27.8. The molecule has 2 heterocycles. The van der Waals surface area contributed by atoms with Crippen LogP contribution in [-0.2, 0) is 21.9 Å². The van der Waals surface area contributed by atoms with Gasteiger partial charge in [0.15, 0.2) is 5.78 Å². The van der Waals surface area contributed by atoms with Crippen LogP contribution in [0.4, 0.5) is 0 Å². The van der Waals surface area contributed by atoms with Crippen molar-refractivity contribution < 1.29 is 18.3 Å². The number of Topliss-reactive ketones (excluding diaryl/α,β-unsaturated/α-hetero) is 1. The predicted molar refractivity (Wildman–Crippen MR) is 125 cm³/mol. The standard InChI is InChI=1S/C24H24ClN3O4S/c25-20-6-8-21(9-7-20)33(31,32)28-12-10-24(11-13-28,19-4-2-1-3-5-19)14-23-26-15-18(16-27-23)22(30)17-29/h1-9,15-16,29H,10-14,17H2. The fourth-order valence-electron chi connectivity index (χ4n) is 4.25. The van der Waals surface area contributed by atoms with Crippen LogP contribution in [0.2, 0.25) is 5.02 Å². The average molecular weight is 486 g/mol. The fourth-order valence-corrected chi connectivity index (χ4v) is 5.82. The summed E-state index contributed by atoms with van der Waals surface area (Å²) in [7, 11) is -3.62. The van der Waals surface area contributed by atoms with Crippen molar-refractivity contribution in [3.63, 3.8) is 0 Å². The smallest absolute Gasteiger partial charge is 0.243 e. The van der Waals surface area contributed by atoms with Crippen molar-refractivity contribution in [2.75, 3.05) is 19.7 Å². The zero-order chi connectivity index (χ0) is 23.5. The third kappa shape index (κ3) is 4.99. The molecule has 0 bridgehead atoms. The number of rotatable bonds is 7. The number of hydrogen-bond acceptors (Lipinski definition) is 6. The van der Waals surface area contributed by atoms with Gasteiger partial charge in [-0.05, 0) is 42.7 Å². The van der Waals surface area contributed by atoms with E-state index in [1.54, 1.807) is 12.1 Å². The summed E-state index contributed by atoms with van der Waals surface area (Å²) in [6.45, 7) is 0.135. The molecule has 0 saturated carbocycles. The number of aliphatic hydroxyl groups excluding tert-OH is 1. The number of ketones is 1. The van der Waals surface area contributed by atoms with Crippen molar-refractivity contribution in [1.29, 1.82) is 0 Å². The highest BCUT2D eigenvalue weighted by molar-refractivity contribution is 7.89. The second kappa shape index (κ2) is 9.69. The summed E-state index contributed by atoms with van der Waals surface area (Å²) in [6.07, 6.45) is 4.58. The van der Waals surface area contributed by atoms with E-state index in [4.69, 9.17) is 16.7 Å². The quantitative estimate of drug-likeness (QED) is 0.515. The molecule has 1 aliphatic heterocycles. The molecule has 4 rings (SSSR count). The third-order valence-corrected chi connectivity index (χ3v) is 8.35. The molecule has 1 saturated heterocycles. The largest absolute Gasteiger partial charge is 0.388 e. The lowest BCUT2D eigenvalue weighted by molar-refractivity contribution is 0.0903. The Morgan fingerprint density at radius 1 is 1.00 bits per heavy atom. The average Bonchev–Trinajstić information content (AvgIpc) is 2.85. The number of carbonyl (C=O) groups excluding carboxylic acids is 1. The van der Waals surface area contributed by atoms with Gasteiger partial charge < -0.3 is 5.11 Å².